The van der Waals surface area contributed by atoms with Gasteiger partial charge >= 0.3 is 0 Å². The first-order chi connectivity index (χ1) is 15.2. The van der Waals surface area contributed by atoms with E-state index in [0.29, 0.717) is 42.0 Å². The molecule has 0 atom stereocenters. The molecule has 0 saturated carbocycles. The number of aliphatic hydroxyl groups is 1. The summed E-state index contributed by atoms with van der Waals surface area (Å²) in [6.45, 7) is 1.59. The van der Waals surface area contributed by atoms with E-state index in [9.17, 15) is 9.59 Å². The van der Waals surface area contributed by atoms with Gasteiger partial charge in [-0.1, -0.05) is 48.2 Å². The van der Waals surface area contributed by atoms with Crippen LogP contribution in [0, 0.1) is 0 Å². The van der Waals surface area contributed by atoms with Gasteiger partial charge in [0.1, 0.15) is 0 Å². The average Bonchev–Trinajstić information content (AvgIpc) is 2.81. The lowest BCUT2D eigenvalue weighted by Gasteiger charge is -2.19. The molecule has 0 heterocycles. The summed E-state index contributed by atoms with van der Waals surface area (Å²) in [5.41, 5.74) is 1.89. The lowest BCUT2D eigenvalue weighted by atomic mass is 9.84. The van der Waals surface area contributed by atoms with Gasteiger partial charge in [0.15, 0.2) is 11.6 Å². The Morgan fingerprint density at radius 3 is 2.19 bits per heavy atom. The largest absolute Gasteiger partial charge is 0.394 e. The Hall–Kier alpha value is -2.42. The molecule has 7 heteroatoms. The molecule has 158 valence electrons. The van der Waals surface area contributed by atoms with Gasteiger partial charge < -0.3 is 9.84 Å². The SMILES string of the molecule is O=C1c2ccccc2C(=O)c2c(Sc3ccc(SNCCOCCO)cc3)cccc21. The van der Waals surface area contributed by atoms with Crippen LogP contribution >= 0.6 is 23.7 Å². The number of ketones is 2. The fraction of sp³-hybridized carbons (Fsp3) is 0.167. The molecule has 0 unspecified atom stereocenters. The van der Waals surface area contributed by atoms with E-state index in [4.69, 9.17) is 9.84 Å². The molecule has 0 aromatic heterocycles. The van der Waals surface area contributed by atoms with Crippen molar-refractivity contribution >= 4 is 35.3 Å². The molecule has 3 aromatic rings. The first-order valence-electron chi connectivity index (χ1n) is 9.86. The van der Waals surface area contributed by atoms with Crippen LogP contribution in [0.3, 0.4) is 0 Å². The normalized spacial score (nSPS) is 12.5. The summed E-state index contributed by atoms with van der Waals surface area (Å²) in [5.74, 6) is -0.207. The Bertz CT molecular complexity index is 1100. The summed E-state index contributed by atoms with van der Waals surface area (Å²) in [4.78, 5) is 28.9. The minimum absolute atomic E-state index is 0.0309. The minimum atomic E-state index is -0.104. The first-order valence-corrected chi connectivity index (χ1v) is 11.5. The number of nitrogens with one attached hydrogen (secondary N) is 1. The van der Waals surface area contributed by atoms with Gasteiger partial charge in [0.2, 0.25) is 0 Å². The van der Waals surface area contributed by atoms with Gasteiger partial charge in [-0.25, -0.2) is 0 Å². The number of hydrogen-bond donors (Lipinski definition) is 2. The van der Waals surface area contributed by atoms with E-state index in [-0.39, 0.29) is 18.2 Å². The van der Waals surface area contributed by atoms with Crippen molar-refractivity contribution in [2.24, 2.45) is 0 Å². The predicted octanol–water partition coefficient (Wildman–Crippen LogP) is 4.22. The molecule has 1 aliphatic carbocycles. The number of rotatable bonds is 9. The van der Waals surface area contributed by atoms with Crippen LogP contribution in [-0.2, 0) is 4.74 Å². The second kappa shape index (κ2) is 10.3. The van der Waals surface area contributed by atoms with Gasteiger partial charge in [0.05, 0.1) is 19.8 Å². The van der Waals surface area contributed by atoms with E-state index in [1.54, 1.807) is 30.3 Å². The van der Waals surface area contributed by atoms with Crippen molar-refractivity contribution in [1.82, 2.24) is 4.72 Å². The zero-order valence-electron chi connectivity index (χ0n) is 16.7. The first kappa shape index (κ1) is 21.8. The van der Waals surface area contributed by atoms with Crippen molar-refractivity contribution in [1.29, 1.82) is 0 Å². The number of carbonyl (C=O) groups excluding carboxylic acids is 2. The molecule has 0 amide bonds. The van der Waals surface area contributed by atoms with E-state index in [2.05, 4.69) is 4.72 Å². The molecule has 4 rings (SSSR count). The van der Waals surface area contributed by atoms with Crippen molar-refractivity contribution in [3.05, 3.63) is 89.0 Å². The topological polar surface area (TPSA) is 75.6 Å². The molecule has 2 N–H and O–H groups in total. The van der Waals surface area contributed by atoms with Crippen molar-refractivity contribution in [2.45, 2.75) is 14.7 Å². The highest BCUT2D eigenvalue weighted by molar-refractivity contribution is 7.99. The van der Waals surface area contributed by atoms with E-state index < -0.39 is 0 Å². The Balaban J connectivity index is 1.46. The van der Waals surface area contributed by atoms with Crippen LogP contribution in [0.4, 0.5) is 0 Å². The van der Waals surface area contributed by atoms with E-state index in [1.807, 2.05) is 36.4 Å². The number of fused-ring (bicyclic) bond motifs is 2. The second-order valence-electron chi connectivity index (χ2n) is 6.79. The fourth-order valence-electron chi connectivity index (χ4n) is 3.32. The van der Waals surface area contributed by atoms with Crippen LogP contribution < -0.4 is 4.72 Å². The number of benzene rings is 3. The van der Waals surface area contributed by atoms with Crippen LogP contribution in [0.15, 0.2) is 81.4 Å². The van der Waals surface area contributed by atoms with E-state index in [1.165, 1.54) is 23.7 Å². The molecule has 5 nitrogen and oxygen atoms in total. The van der Waals surface area contributed by atoms with E-state index in [0.717, 1.165) is 14.7 Å². The summed E-state index contributed by atoms with van der Waals surface area (Å²) >= 11 is 2.99. The Morgan fingerprint density at radius 2 is 1.45 bits per heavy atom. The van der Waals surface area contributed by atoms with Crippen molar-refractivity contribution in [2.75, 3.05) is 26.4 Å². The van der Waals surface area contributed by atoms with Crippen molar-refractivity contribution < 1.29 is 19.4 Å². The quantitative estimate of drug-likeness (QED) is 0.291. The summed E-state index contributed by atoms with van der Waals surface area (Å²) < 4.78 is 8.42. The van der Waals surface area contributed by atoms with Crippen LogP contribution in [-0.4, -0.2) is 43.0 Å². The van der Waals surface area contributed by atoms with Gasteiger partial charge in [-0.05, 0) is 42.3 Å². The van der Waals surface area contributed by atoms with Crippen LogP contribution in [0.5, 0.6) is 0 Å². The van der Waals surface area contributed by atoms with Gasteiger partial charge in [0, 0.05) is 43.5 Å². The zero-order valence-corrected chi connectivity index (χ0v) is 18.3. The van der Waals surface area contributed by atoms with Crippen molar-refractivity contribution in [3.63, 3.8) is 0 Å². The van der Waals surface area contributed by atoms with Gasteiger partial charge in [-0.3, -0.25) is 14.3 Å². The summed E-state index contributed by atoms with van der Waals surface area (Å²) in [5, 5.41) is 8.68. The molecule has 0 bridgehead atoms. The highest BCUT2D eigenvalue weighted by Crippen LogP contribution is 2.37. The third-order valence-electron chi connectivity index (χ3n) is 4.74. The monoisotopic (exact) mass is 451 g/mol. The highest BCUT2D eigenvalue weighted by atomic mass is 32.2. The summed E-state index contributed by atoms with van der Waals surface area (Å²) in [7, 11) is 0. The smallest absolute Gasteiger partial charge is 0.195 e. The van der Waals surface area contributed by atoms with Crippen LogP contribution in [0.25, 0.3) is 0 Å². The highest BCUT2D eigenvalue weighted by Gasteiger charge is 2.31. The molecule has 3 aromatic carbocycles. The van der Waals surface area contributed by atoms with Gasteiger partial charge in [-0.2, -0.15) is 0 Å². The van der Waals surface area contributed by atoms with Crippen LogP contribution in [0.2, 0.25) is 0 Å². The Kier molecular flexibility index (Phi) is 7.21. The number of carbonyl (C=O) groups is 2. The molecule has 1 aliphatic rings. The van der Waals surface area contributed by atoms with Gasteiger partial charge in [0.25, 0.3) is 0 Å². The molecule has 0 aliphatic heterocycles. The Morgan fingerprint density at radius 1 is 0.774 bits per heavy atom. The molecule has 0 saturated heterocycles. The molecule has 31 heavy (non-hydrogen) atoms. The molecular formula is C24H21NO4S2. The summed E-state index contributed by atoms with van der Waals surface area (Å²) in [6, 6.07) is 20.4. The minimum Gasteiger partial charge on any atom is -0.394 e. The second-order valence-corrected chi connectivity index (χ2v) is 8.87. The van der Waals surface area contributed by atoms with Crippen LogP contribution in [0.1, 0.15) is 31.8 Å². The maximum Gasteiger partial charge on any atom is 0.195 e. The zero-order chi connectivity index (χ0) is 21.6. The molecule has 0 spiro atoms. The number of ether oxygens (including phenoxy) is 1. The summed E-state index contributed by atoms with van der Waals surface area (Å²) in [6.07, 6.45) is 0. The fourth-order valence-corrected chi connectivity index (χ4v) is 4.92. The molecular weight excluding hydrogens is 430 g/mol. The molecule has 0 radical (unpaired) electrons. The average molecular weight is 452 g/mol. The predicted molar refractivity (Wildman–Crippen MR) is 122 cm³/mol. The maximum atomic E-state index is 13.1. The molecule has 0 fully saturated rings. The maximum absolute atomic E-state index is 13.1. The third-order valence-corrected chi connectivity index (χ3v) is 6.66. The third kappa shape index (κ3) is 4.92. The number of aliphatic hydroxyl groups excluding tert-OH is 1. The van der Waals surface area contributed by atoms with E-state index >= 15 is 0 Å². The lowest BCUT2D eigenvalue weighted by Crippen LogP contribution is -2.21. The standard InChI is InChI=1S/C24H21NO4S2/c26-13-15-29-14-12-25-31-17-10-8-16(9-11-17)30-21-7-3-6-20-22(21)24(28)19-5-2-1-4-18(19)23(20)27/h1-11,25-26H,12-15H2. The number of hydrogen-bond acceptors (Lipinski definition) is 7. The lowest BCUT2D eigenvalue weighted by molar-refractivity contribution is 0.0964. The van der Waals surface area contributed by atoms with Crippen molar-refractivity contribution in [3.8, 4) is 0 Å². The Labute approximate surface area is 189 Å². The van der Waals surface area contributed by atoms with Gasteiger partial charge in [-0.15, -0.1) is 0 Å².